The monoisotopic (exact) mass is 410 g/mol. The number of para-hydroxylation sites is 2. The van der Waals surface area contributed by atoms with Crippen LogP contribution in [0.25, 0.3) is 0 Å². The predicted molar refractivity (Wildman–Crippen MR) is 113 cm³/mol. The highest BCUT2D eigenvalue weighted by molar-refractivity contribution is 5.89. The zero-order valence-corrected chi connectivity index (χ0v) is 17.3. The topological polar surface area (TPSA) is 98.5 Å². The standard InChI is InChI=1S/C22H26N4O4/c1-15(2)21-25-20(30-26-21)9-6-14-23-22(27)24-16-10-12-17(13-11-16)29-19-8-5-4-7-18(19)28-3/h4-5,7-8,10-13,15H,6,9,14H2,1-3H3,(H2,23,24,27). The van der Waals surface area contributed by atoms with Crippen molar-refractivity contribution in [2.45, 2.75) is 32.6 Å². The van der Waals surface area contributed by atoms with Crippen molar-refractivity contribution in [3.05, 3.63) is 60.2 Å². The fourth-order valence-corrected chi connectivity index (χ4v) is 2.66. The van der Waals surface area contributed by atoms with Gasteiger partial charge in [0, 0.05) is 24.6 Å². The van der Waals surface area contributed by atoms with Gasteiger partial charge in [-0.3, -0.25) is 0 Å². The van der Waals surface area contributed by atoms with Crippen LogP contribution in [-0.4, -0.2) is 29.8 Å². The molecule has 0 bridgehead atoms. The van der Waals surface area contributed by atoms with E-state index in [4.69, 9.17) is 14.0 Å². The SMILES string of the molecule is COc1ccccc1Oc1ccc(NC(=O)NCCCc2nc(C(C)C)no2)cc1. The van der Waals surface area contributed by atoms with Crippen LogP contribution in [0, 0.1) is 0 Å². The summed E-state index contributed by atoms with van der Waals surface area (Å²) in [6.07, 6.45) is 1.33. The quantitative estimate of drug-likeness (QED) is 0.494. The van der Waals surface area contributed by atoms with Gasteiger partial charge in [-0.1, -0.05) is 31.1 Å². The van der Waals surface area contributed by atoms with E-state index in [2.05, 4.69) is 20.8 Å². The Balaban J connectivity index is 1.41. The average molecular weight is 410 g/mol. The molecule has 0 aliphatic carbocycles. The molecule has 0 saturated carbocycles. The summed E-state index contributed by atoms with van der Waals surface area (Å²) in [5.74, 6) is 3.45. The van der Waals surface area contributed by atoms with Crippen molar-refractivity contribution in [2.24, 2.45) is 0 Å². The lowest BCUT2D eigenvalue weighted by Crippen LogP contribution is -2.29. The van der Waals surface area contributed by atoms with Gasteiger partial charge in [0.05, 0.1) is 7.11 Å². The first-order valence-corrected chi connectivity index (χ1v) is 9.83. The fourth-order valence-electron chi connectivity index (χ4n) is 2.66. The third-order valence-corrected chi connectivity index (χ3v) is 4.26. The van der Waals surface area contributed by atoms with E-state index in [0.29, 0.717) is 54.0 Å². The Morgan fingerprint density at radius 1 is 1.10 bits per heavy atom. The molecule has 3 rings (SSSR count). The van der Waals surface area contributed by atoms with Crippen molar-refractivity contribution in [3.8, 4) is 17.2 Å². The number of aryl methyl sites for hydroxylation is 1. The lowest BCUT2D eigenvalue weighted by molar-refractivity contribution is 0.252. The number of amides is 2. The third-order valence-electron chi connectivity index (χ3n) is 4.26. The minimum Gasteiger partial charge on any atom is -0.493 e. The van der Waals surface area contributed by atoms with E-state index in [1.807, 2.05) is 38.1 Å². The summed E-state index contributed by atoms with van der Waals surface area (Å²) in [6, 6.07) is 14.2. The number of anilines is 1. The summed E-state index contributed by atoms with van der Waals surface area (Å²) in [5.41, 5.74) is 0.665. The van der Waals surface area contributed by atoms with E-state index < -0.39 is 0 Å². The summed E-state index contributed by atoms with van der Waals surface area (Å²) in [4.78, 5) is 16.4. The second-order valence-corrected chi connectivity index (χ2v) is 6.96. The van der Waals surface area contributed by atoms with Gasteiger partial charge in [0.2, 0.25) is 5.89 Å². The van der Waals surface area contributed by atoms with Crippen LogP contribution in [-0.2, 0) is 6.42 Å². The molecule has 0 radical (unpaired) electrons. The van der Waals surface area contributed by atoms with Gasteiger partial charge in [-0.05, 0) is 42.8 Å². The molecule has 30 heavy (non-hydrogen) atoms. The van der Waals surface area contributed by atoms with Gasteiger partial charge in [0.15, 0.2) is 17.3 Å². The summed E-state index contributed by atoms with van der Waals surface area (Å²) < 4.78 is 16.3. The Morgan fingerprint density at radius 3 is 2.50 bits per heavy atom. The second-order valence-electron chi connectivity index (χ2n) is 6.96. The first kappa shape index (κ1) is 21.2. The molecule has 1 aromatic heterocycles. The number of benzene rings is 2. The molecule has 3 aromatic rings. The molecule has 8 nitrogen and oxygen atoms in total. The Morgan fingerprint density at radius 2 is 1.83 bits per heavy atom. The molecular weight excluding hydrogens is 384 g/mol. The number of carbonyl (C=O) groups is 1. The first-order chi connectivity index (χ1) is 14.5. The number of hydrogen-bond acceptors (Lipinski definition) is 6. The first-order valence-electron chi connectivity index (χ1n) is 9.83. The maximum absolute atomic E-state index is 12.1. The van der Waals surface area contributed by atoms with Gasteiger partial charge in [-0.2, -0.15) is 4.98 Å². The number of ether oxygens (including phenoxy) is 2. The molecule has 0 atom stereocenters. The molecule has 0 unspecified atom stereocenters. The Labute approximate surface area is 175 Å². The van der Waals surface area contributed by atoms with Crippen molar-refractivity contribution in [2.75, 3.05) is 19.0 Å². The van der Waals surface area contributed by atoms with Crippen molar-refractivity contribution >= 4 is 11.7 Å². The number of urea groups is 1. The lowest BCUT2D eigenvalue weighted by atomic mass is 10.2. The van der Waals surface area contributed by atoms with Crippen LogP contribution in [0.2, 0.25) is 0 Å². The number of rotatable bonds is 9. The fraction of sp³-hybridized carbons (Fsp3) is 0.318. The van der Waals surface area contributed by atoms with E-state index in [1.165, 1.54) is 0 Å². The minimum absolute atomic E-state index is 0.234. The molecular formula is C22H26N4O4. The second kappa shape index (κ2) is 10.3. The summed E-state index contributed by atoms with van der Waals surface area (Å²) in [6.45, 7) is 4.52. The van der Waals surface area contributed by atoms with Crippen molar-refractivity contribution in [1.29, 1.82) is 0 Å². The Hall–Kier alpha value is -3.55. The van der Waals surface area contributed by atoms with E-state index >= 15 is 0 Å². The van der Waals surface area contributed by atoms with Crippen molar-refractivity contribution in [1.82, 2.24) is 15.5 Å². The normalized spacial score (nSPS) is 10.7. The Bertz CT molecular complexity index is 954. The summed E-state index contributed by atoms with van der Waals surface area (Å²) in [7, 11) is 1.60. The number of nitrogens with zero attached hydrogens (tertiary/aromatic N) is 2. The van der Waals surface area contributed by atoms with Gasteiger partial charge < -0.3 is 24.6 Å². The Kier molecular flexibility index (Phi) is 7.26. The van der Waals surface area contributed by atoms with E-state index in [9.17, 15) is 4.79 Å². The largest absolute Gasteiger partial charge is 0.493 e. The molecule has 0 spiro atoms. The predicted octanol–water partition coefficient (Wildman–Crippen LogP) is 4.75. The van der Waals surface area contributed by atoms with Crippen LogP contribution in [0.1, 0.15) is 37.9 Å². The smallest absolute Gasteiger partial charge is 0.319 e. The van der Waals surface area contributed by atoms with Gasteiger partial charge >= 0.3 is 6.03 Å². The van der Waals surface area contributed by atoms with E-state index in [0.717, 1.165) is 0 Å². The molecule has 8 heteroatoms. The van der Waals surface area contributed by atoms with Crippen LogP contribution in [0.4, 0.5) is 10.5 Å². The van der Waals surface area contributed by atoms with Crippen LogP contribution in [0.15, 0.2) is 53.1 Å². The molecule has 0 fully saturated rings. The summed E-state index contributed by atoms with van der Waals surface area (Å²) >= 11 is 0. The molecule has 0 aliphatic heterocycles. The zero-order chi connectivity index (χ0) is 21.3. The van der Waals surface area contributed by atoms with Gasteiger partial charge in [-0.25, -0.2) is 4.79 Å². The highest BCUT2D eigenvalue weighted by Gasteiger charge is 2.10. The third kappa shape index (κ3) is 5.97. The van der Waals surface area contributed by atoms with Crippen LogP contribution < -0.4 is 20.1 Å². The number of aromatic nitrogens is 2. The highest BCUT2D eigenvalue weighted by Crippen LogP contribution is 2.31. The molecule has 0 aliphatic rings. The summed E-state index contributed by atoms with van der Waals surface area (Å²) in [5, 5.41) is 9.53. The van der Waals surface area contributed by atoms with E-state index in [1.54, 1.807) is 31.4 Å². The maximum Gasteiger partial charge on any atom is 0.319 e. The number of hydrogen-bond donors (Lipinski definition) is 2. The van der Waals surface area contributed by atoms with Crippen molar-refractivity contribution in [3.63, 3.8) is 0 Å². The number of methoxy groups -OCH3 is 1. The van der Waals surface area contributed by atoms with Gasteiger partial charge in [0.25, 0.3) is 0 Å². The molecule has 2 aromatic carbocycles. The van der Waals surface area contributed by atoms with Crippen LogP contribution >= 0.6 is 0 Å². The molecule has 0 saturated heterocycles. The average Bonchev–Trinajstić information content (AvgIpc) is 3.22. The minimum atomic E-state index is -0.276. The van der Waals surface area contributed by atoms with Gasteiger partial charge in [-0.15, -0.1) is 0 Å². The van der Waals surface area contributed by atoms with E-state index in [-0.39, 0.29) is 11.9 Å². The maximum atomic E-state index is 12.1. The molecule has 2 amide bonds. The lowest BCUT2D eigenvalue weighted by Gasteiger charge is -2.11. The van der Waals surface area contributed by atoms with Gasteiger partial charge in [0.1, 0.15) is 5.75 Å². The molecule has 1 heterocycles. The van der Waals surface area contributed by atoms with Crippen LogP contribution in [0.5, 0.6) is 17.2 Å². The number of nitrogens with one attached hydrogen (secondary N) is 2. The van der Waals surface area contributed by atoms with Crippen molar-refractivity contribution < 1.29 is 18.8 Å². The highest BCUT2D eigenvalue weighted by atomic mass is 16.5. The van der Waals surface area contributed by atoms with Crippen LogP contribution in [0.3, 0.4) is 0 Å². The molecule has 158 valence electrons. The molecule has 2 N–H and O–H groups in total. The number of carbonyl (C=O) groups excluding carboxylic acids is 1. The zero-order valence-electron chi connectivity index (χ0n) is 17.3.